The molecule has 2 N–H and O–H groups in total. The van der Waals surface area contributed by atoms with Gasteiger partial charge in [-0.3, -0.25) is 0 Å². The van der Waals surface area contributed by atoms with E-state index in [-0.39, 0.29) is 17.4 Å². The van der Waals surface area contributed by atoms with Crippen LogP contribution in [0, 0.1) is 11.8 Å². The van der Waals surface area contributed by atoms with E-state index in [1.807, 2.05) is 12.1 Å². The van der Waals surface area contributed by atoms with Crippen LogP contribution in [-0.4, -0.2) is 10.2 Å². The van der Waals surface area contributed by atoms with E-state index < -0.39 is 0 Å². The SMILES string of the molecule is CCCCCc1cc(O)c(C2C=C(C)CCC2C(C)CC)c(O)c1. The van der Waals surface area contributed by atoms with Gasteiger partial charge >= 0.3 is 0 Å². The fraction of sp³-hybridized carbons (Fsp3) is 0.636. The van der Waals surface area contributed by atoms with Crippen LogP contribution in [0.2, 0.25) is 0 Å². The Morgan fingerprint density at radius 1 is 1.12 bits per heavy atom. The van der Waals surface area contributed by atoms with Crippen molar-refractivity contribution in [1.82, 2.24) is 0 Å². The first-order valence-corrected chi connectivity index (χ1v) is 9.69. The van der Waals surface area contributed by atoms with E-state index in [2.05, 4.69) is 33.8 Å². The molecule has 0 spiro atoms. The van der Waals surface area contributed by atoms with Gasteiger partial charge in [-0.1, -0.05) is 51.7 Å². The van der Waals surface area contributed by atoms with Gasteiger partial charge in [0.2, 0.25) is 0 Å². The van der Waals surface area contributed by atoms with Crippen molar-refractivity contribution in [1.29, 1.82) is 0 Å². The lowest BCUT2D eigenvalue weighted by Crippen LogP contribution is -2.22. The van der Waals surface area contributed by atoms with Gasteiger partial charge in [0.15, 0.2) is 0 Å². The van der Waals surface area contributed by atoms with Gasteiger partial charge in [0.1, 0.15) is 11.5 Å². The van der Waals surface area contributed by atoms with Crippen LogP contribution in [0.25, 0.3) is 0 Å². The number of aryl methyl sites for hydroxylation is 1. The average Bonchev–Trinajstić information content (AvgIpc) is 2.54. The van der Waals surface area contributed by atoms with Crippen LogP contribution >= 0.6 is 0 Å². The number of rotatable bonds is 7. The fourth-order valence-electron chi connectivity index (χ4n) is 4.07. The Morgan fingerprint density at radius 3 is 2.38 bits per heavy atom. The molecule has 0 amide bonds. The Hall–Kier alpha value is -1.44. The molecule has 134 valence electrons. The molecule has 1 aromatic rings. The summed E-state index contributed by atoms with van der Waals surface area (Å²) < 4.78 is 0. The predicted molar refractivity (Wildman–Crippen MR) is 102 cm³/mol. The van der Waals surface area contributed by atoms with E-state index in [1.54, 1.807) is 0 Å². The number of aromatic hydroxyl groups is 2. The van der Waals surface area contributed by atoms with Gasteiger partial charge in [-0.05, 0) is 62.1 Å². The van der Waals surface area contributed by atoms with E-state index in [9.17, 15) is 10.2 Å². The minimum atomic E-state index is 0.124. The first kappa shape index (κ1) is 18.9. The molecule has 2 heteroatoms. The van der Waals surface area contributed by atoms with Crippen molar-refractivity contribution in [2.24, 2.45) is 11.8 Å². The lowest BCUT2D eigenvalue weighted by atomic mass is 9.70. The van der Waals surface area contributed by atoms with E-state index in [0.29, 0.717) is 11.8 Å². The first-order chi connectivity index (χ1) is 11.5. The summed E-state index contributed by atoms with van der Waals surface area (Å²) in [5, 5.41) is 21.3. The largest absolute Gasteiger partial charge is 0.507 e. The molecule has 3 unspecified atom stereocenters. The summed E-state index contributed by atoms with van der Waals surface area (Å²) in [6.45, 7) is 8.86. The van der Waals surface area contributed by atoms with E-state index in [4.69, 9.17) is 0 Å². The number of benzene rings is 1. The highest BCUT2D eigenvalue weighted by molar-refractivity contribution is 5.51. The molecule has 0 fully saturated rings. The second kappa shape index (κ2) is 8.60. The minimum absolute atomic E-state index is 0.124. The molecule has 0 saturated heterocycles. The average molecular weight is 331 g/mol. The molecular weight excluding hydrogens is 296 g/mol. The van der Waals surface area contributed by atoms with E-state index in [1.165, 1.54) is 18.4 Å². The van der Waals surface area contributed by atoms with Crippen molar-refractivity contribution < 1.29 is 10.2 Å². The zero-order chi connectivity index (χ0) is 17.7. The fourth-order valence-corrected chi connectivity index (χ4v) is 4.07. The van der Waals surface area contributed by atoms with Gasteiger partial charge in [0.25, 0.3) is 0 Å². The molecule has 0 heterocycles. The van der Waals surface area contributed by atoms with Gasteiger partial charge in [-0.25, -0.2) is 0 Å². The summed E-state index contributed by atoms with van der Waals surface area (Å²) in [4.78, 5) is 0. The standard InChI is InChI=1S/C22H34O2/c1-5-7-8-9-17-13-20(23)22(21(24)14-17)19-12-15(3)10-11-18(19)16(4)6-2/h12-14,16,18-19,23-24H,5-11H2,1-4H3. The Morgan fingerprint density at radius 2 is 1.79 bits per heavy atom. The first-order valence-electron chi connectivity index (χ1n) is 9.69. The second-order valence-corrected chi connectivity index (χ2v) is 7.63. The molecule has 2 nitrogen and oxygen atoms in total. The Bertz CT molecular complexity index is 550. The normalized spacial score (nSPS) is 22.2. The summed E-state index contributed by atoms with van der Waals surface area (Å²) in [7, 11) is 0. The molecule has 1 aliphatic carbocycles. The lowest BCUT2D eigenvalue weighted by Gasteiger charge is -2.34. The highest BCUT2D eigenvalue weighted by Gasteiger charge is 2.32. The van der Waals surface area contributed by atoms with Crippen LogP contribution in [0.1, 0.15) is 83.3 Å². The van der Waals surface area contributed by atoms with Crippen LogP contribution in [0.5, 0.6) is 11.5 Å². The third kappa shape index (κ3) is 4.34. The maximum Gasteiger partial charge on any atom is 0.123 e. The zero-order valence-electron chi connectivity index (χ0n) is 15.8. The summed E-state index contributed by atoms with van der Waals surface area (Å²) in [6.07, 6.45) is 10.1. The number of hydrogen-bond donors (Lipinski definition) is 2. The molecule has 0 aliphatic heterocycles. The second-order valence-electron chi connectivity index (χ2n) is 7.63. The van der Waals surface area contributed by atoms with Crippen molar-refractivity contribution in [3.8, 4) is 11.5 Å². The summed E-state index contributed by atoms with van der Waals surface area (Å²) in [5.74, 6) is 1.73. The van der Waals surface area contributed by atoms with Crippen molar-refractivity contribution in [3.05, 3.63) is 34.9 Å². The number of hydrogen-bond acceptors (Lipinski definition) is 2. The van der Waals surface area contributed by atoms with Crippen LogP contribution in [0.3, 0.4) is 0 Å². The van der Waals surface area contributed by atoms with Gasteiger partial charge < -0.3 is 10.2 Å². The topological polar surface area (TPSA) is 40.5 Å². The summed E-state index contributed by atoms with van der Waals surface area (Å²) >= 11 is 0. The van der Waals surface area contributed by atoms with Crippen LogP contribution in [-0.2, 0) is 6.42 Å². The van der Waals surface area contributed by atoms with E-state index >= 15 is 0 Å². The number of unbranched alkanes of at least 4 members (excludes halogenated alkanes) is 2. The molecule has 1 aromatic carbocycles. The molecule has 0 radical (unpaired) electrons. The maximum atomic E-state index is 10.7. The van der Waals surface area contributed by atoms with E-state index in [0.717, 1.165) is 43.2 Å². The monoisotopic (exact) mass is 330 g/mol. The van der Waals surface area contributed by atoms with Crippen LogP contribution in [0.15, 0.2) is 23.8 Å². The number of phenols is 2. The Balaban J connectivity index is 2.33. The van der Waals surface area contributed by atoms with Crippen LogP contribution < -0.4 is 0 Å². The van der Waals surface area contributed by atoms with Crippen molar-refractivity contribution in [3.63, 3.8) is 0 Å². The number of allylic oxidation sites excluding steroid dienone is 2. The van der Waals surface area contributed by atoms with Gasteiger partial charge in [-0.15, -0.1) is 0 Å². The highest BCUT2D eigenvalue weighted by Crippen LogP contribution is 2.47. The van der Waals surface area contributed by atoms with Crippen molar-refractivity contribution in [2.75, 3.05) is 0 Å². The molecule has 3 atom stereocenters. The third-order valence-electron chi connectivity index (χ3n) is 5.77. The molecule has 24 heavy (non-hydrogen) atoms. The minimum Gasteiger partial charge on any atom is -0.507 e. The smallest absolute Gasteiger partial charge is 0.123 e. The highest BCUT2D eigenvalue weighted by atomic mass is 16.3. The summed E-state index contributed by atoms with van der Waals surface area (Å²) in [5.41, 5.74) is 3.14. The van der Waals surface area contributed by atoms with Crippen LogP contribution in [0.4, 0.5) is 0 Å². The molecular formula is C22H34O2. The molecule has 0 aromatic heterocycles. The maximum absolute atomic E-state index is 10.7. The molecule has 0 bridgehead atoms. The van der Waals surface area contributed by atoms with Gasteiger partial charge in [-0.2, -0.15) is 0 Å². The quantitative estimate of drug-likeness (QED) is 0.454. The van der Waals surface area contributed by atoms with Crippen molar-refractivity contribution in [2.45, 2.75) is 78.6 Å². The molecule has 0 saturated carbocycles. The lowest BCUT2D eigenvalue weighted by molar-refractivity contribution is 0.280. The van der Waals surface area contributed by atoms with Gasteiger partial charge in [0.05, 0.1) is 0 Å². The molecule has 2 rings (SSSR count). The van der Waals surface area contributed by atoms with Gasteiger partial charge in [0, 0.05) is 11.5 Å². The zero-order valence-corrected chi connectivity index (χ0v) is 15.8. The number of phenolic OH excluding ortho intramolecular Hbond substituents is 2. The Kier molecular flexibility index (Phi) is 6.77. The van der Waals surface area contributed by atoms with Crippen molar-refractivity contribution >= 4 is 0 Å². The predicted octanol–water partition coefficient (Wildman–Crippen LogP) is 6.32. The third-order valence-corrected chi connectivity index (χ3v) is 5.77. The molecule has 1 aliphatic rings. The summed E-state index contributed by atoms with van der Waals surface area (Å²) in [6, 6.07) is 3.74. The Labute approximate surface area is 147 Å².